The zero-order chi connectivity index (χ0) is 21.6. The molecule has 158 valence electrons. The fourth-order valence-electron chi connectivity index (χ4n) is 2.97. The highest BCUT2D eigenvalue weighted by Gasteiger charge is 2.18. The van der Waals surface area contributed by atoms with Crippen molar-refractivity contribution >= 4 is 21.6 Å². The number of sulfonamides is 1. The number of ether oxygens (including phenoxy) is 3. The standard InChI is InChI=1S/C20H26N2O6S/c1-6-22(29(5,24)25)16-10-7-14(8-11-16)20(23)21-13-15-9-12-17(26-2)19(28-4)18(15)27-3/h7-12H,6,13H2,1-5H3,(H,21,23). The van der Waals surface area contributed by atoms with Crippen LogP contribution in [-0.4, -0.2) is 48.5 Å². The smallest absolute Gasteiger partial charge is 0.251 e. The third kappa shape index (κ3) is 5.11. The summed E-state index contributed by atoms with van der Waals surface area (Å²) >= 11 is 0. The van der Waals surface area contributed by atoms with Crippen LogP contribution in [0.15, 0.2) is 36.4 Å². The summed E-state index contributed by atoms with van der Waals surface area (Å²) < 4.78 is 40.9. The fourth-order valence-corrected chi connectivity index (χ4v) is 3.94. The molecule has 0 heterocycles. The highest BCUT2D eigenvalue weighted by Crippen LogP contribution is 2.39. The first kappa shape index (κ1) is 22.4. The molecule has 0 aliphatic heterocycles. The van der Waals surface area contributed by atoms with Gasteiger partial charge in [0.2, 0.25) is 15.8 Å². The summed E-state index contributed by atoms with van der Waals surface area (Å²) in [6.07, 6.45) is 1.15. The Balaban J connectivity index is 2.16. The average Bonchev–Trinajstić information content (AvgIpc) is 2.71. The lowest BCUT2D eigenvalue weighted by Gasteiger charge is -2.20. The Morgan fingerprint density at radius 1 is 0.966 bits per heavy atom. The van der Waals surface area contributed by atoms with Crippen molar-refractivity contribution in [1.82, 2.24) is 5.32 Å². The van der Waals surface area contributed by atoms with Gasteiger partial charge in [0.25, 0.3) is 5.91 Å². The van der Waals surface area contributed by atoms with E-state index in [9.17, 15) is 13.2 Å². The van der Waals surface area contributed by atoms with E-state index >= 15 is 0 Å². The number of nitrogens with one attached hydrogen (secondary N) is 1. The lowest BCUT2D eigenvalue weighted by Crippen LogP contribution is -2.29. The molecular weight excluding hydrogens is 396 g/mol. The second-order valence-electron chi connectivity index (χ2n) is 6.15. The first-order valence-electron chi connectivity index (χ1n) is 8.90. The number of amides is 1. The topological polar surface area (TPSA) is 94.2 Å². The fraction of sp³-hybridized carbons (Fsp3) is 0.350. The average molecular weight is 423 g/mol. The number of nitrogens with zero attached hydrogens (tertiary/aromatic N) is 1. The molecule has 2 aromatic carbocycles. The molecule has 0 atom stereocenters. The van der Waals surface area contributed by atoms with Crippen LogP contribution in [0.5, 0.6) is 17.2 Å². The van der Waals surface area contributed by atoms with Crippen LogP contribution >= 0.6 is 0 Å². The SMILES string of the molecule is CCN(c1ccc(C(=O)NCc2ccc(OC)c(OC)c2OC)cc1)S(C)(=O)=O. The highest BCUT2D eigenvalue weighted by atomic mass is 32.2. The minimum Gasteiger partial charge on any atom is -0.493 e. The van der Waals surface area contributed by atoms with Gasteiger partial charge in [0.05, 0.1) is 33.3 Å². The van der Waals surface area contributed by atoms with E-state index in [1.54, 1.807) is 43.3 Å². The van der Waals surface area contributed by atoms with Crippen LogP contribution in [0.2, 0.25) is 0 Å². The molecule has 0 aliphatic rings. The van der Waals surface area contributed by atoms with Crippen molar-refractivity contribution in [2.45, 2.75) is 13.5 Å². The summed E-state index contributed by atoms with van der Waals surface area (Å²) in [5.74, 6) is 1.16. The predicted molar refractivity (Wildman–Crippen MR) is 112 cm³/mol. The first-order valence-corrected chi connectivity index (χ1v) is 10.7. The van der Waals surface area contributed by atoms with Crippen LogP contribution in [0.1, 0.15) is 22.8 Å². The van der Waals surface area contributed by atoms with E-state index in [1.165, 1.54) is 25.6 Å². The summed E-state index contributed by atoms with van der Waals surface area (Å²) in [5.41, 5.74) is 1.65. The second kappa shape index (κ2) is 9.51. The van der Waals surface area contributed by atoms with Crippen molar-refractivity contribution in [2.75, 3.05) is 38.4 Å². The third-order valence-electron chi connectivity index (χ3n) is 4.33. The lowest BCUT2D eigenvalue weighted by atomic mass is 10.1. The molecule has 1 N–H and O–H groups in total. The molecule has 0 radical (unpaired) electrons. The number of anilines is 1. The van der Waals surface area contributed by atoms with Crippen LogP contribution in [0.25, 0.3) is 0 Å². The molecule has 0 saturated heterocycles. The summed E-state index contributed by atoms with van der Waals surface area (Å²) in [4.78, 5) is 12.5. The van der Waals surface area contributed by atoms with Gasteiger partial charge in [-0.1, -0.05) is 0 Å². The number of rotatable bonds is 9. The largest absolute Gasteiger partial charge is 0.493 e. The van der Waals surface area contributed by atoms with Gasteiger partial charge in [-0.25, -0.2) is 8.42 Å². The number of carbonyl (C=O) groups is 1. The molecule has 29 heavy (non-hydrogen) atoms. The zero-order valence-electron chi connectivity index (χ0n) is 17.2. The van der Waals surface area contributed by atoms with Crippen LogP contribution in [-0.2, 0) is 16.6 Å². The third-order valence-corrected chi connectivity index (χ3v) is 5.60. The van der Waals surface area contributed by atoms with Gasteiger partial charge in [0.15, 0.2) is 11.5 Å². The van der Waals surface area contributed by atoms with Crippen LogP contribution < -0.4 is 23.8 Å². The van der Waals surface area contributed by atoms with E-state index in [2.05, 4.69) is 5.32 Å². The van der Waals surface area contributed by atoms with Crippen LogP contribution in [0.3, 0.4) is 0 Å². The second-order valence-corrected chi connectivity index (χ2v) is 8.06. The van der Waals surface area contributed by atoms with Gasteiger partial charge in [0, 0.05) is 24.2 Å². The maximum atomic E-state index is 12.5. The molecule has 0 fully saturated rings. The van der Waals surface area contributed by atoms with Gasteiger partial charge in [-0.05, 0) is 43.3 Å². The van der Waals surface area contributed by atoms with Gasteiger partial charge >= 0.3 is 0 Å². The molecule has 8 nitrogen and oxygen atoms in total. The molecule has 0 aliphatic carbocycles. The van der Waals surface area contributed by atoms with Crippen molar-refractivity contribution in [2.24, 2.45) is 0 Å². The van der Waals surface area contributed by atoms with Gasteiger partial charge in [-0.2, -0.15) is 0 Å². The monoisotopic (exact) mass is 422 g/mol. The van der Waals surface area contributed by atoms with Crippen LogP contribution in [0.4, 0.5) is 5.69 Å². The van der Waals surface area contributed by atoms with Crippen molar-refractivity contribution in [3.05, 3.63) is 47.5 Å². The van der Waals surface area contributed by atoms with Gasteiger partial charge in [-0.3, -0.25) is 9.10 Å². The van der Waals surface area contributed by atoms with E-state index in [-0.39, 0.29) is 12.5 Å². The Hall–Kier alpha value is -2.94. The molecule has 0 saturated carbocycles. The van der Waals surface area contributed by atoms with E-state index in [4.69, 9.17) is 14.2 Å². The number of carbonyl (C=O) groups excluding carboxylic acids is 1. The number of hydrogen-bond acceptors (Lipinski definition) is 6. The summed E-state index contributed by atoms with van der Waals surface area (Å²) in [5, 5.41) is 2.82. The highest BCUT2D eigenvalue weighted by molar-refractivity contribution is 7.92. The molecule has 0 bridgehead atoms. The van der Waals surface area contributed by atoms with Crippen molar-refractivity contribution in [1.29, 1.82) is 0 Å². The molecule has 2 rings (SSSR count). The Kier molecular flexibility index (Phi) is 7.33. The van der Waals surface area contributed by atoms with Crippen LogP contribution in [0, 0.1) is 0 Å². The quantitative estimate of drug-likeness (QED) is 0.667. The van der Waals surface area contributed by atoms with Crippen molar-refractivity contribution in [3.8, 4) is 17.2 Å². The van der Waals surface area contributed by atoms with E-state index in [1.807, 2.05) is 0 Å². The molecule has 0 unspecified atom stereocenters. The Morgan fingerprint density at radius 3 is 2.07 bits per heavy atom. The Bertz CT molecular complexity index is 958. The Morgan fingerprint density at radius 2 is 1.59 bits per heavy atom. The lowest BCUT2D eigenvalue weighted by molar-refractivity contribution is 0.0950. The van der Waals surface area contributed by atoms with E-state index < -0.39 is 10.0 Å². The molecule has 0 spiro atoms. The molecule has 0 aromatic heterocycles. The first-order chi connectivity index (χ1) is 13.8. The normalized spacial score (nSPS) is 10.9. The zero-order valence-corrected chi connectivity index (χ0v) is 18.0. The maximum Gasteiger partial charge on any atom is 0.251 e. The van der Waals surface area contributed by atoms with Gasteiger partial charge in [0.1, 0.15) is 0 Å². The molecule has 1 amide bonds. The predicted octanol–water partition coefficient (Wildman–Crippen LogP) is 2.43. The minimum absolute atomic E-state index is 0.217. The van der Waals surface area contributed by atoms with E-state index in [0.29, 0.717) is 35.0 Å². The summed E-state index contributed by atoms with van der Waals surface area (Å²) in [6.45, 7) is 2.27. The van der Waals surface area contributed by atoms with Crippen molar-refractivity contribution in [3.63, 3.8) is 0 Å². The summed E-state index contributed by atoms with van der Waals surface area (Å²) in [7, 11) is 1.19. The van der Waals surface area contributed by atoms with Gasteiger partial charge in [-0.15, -0.1) is 0 Å². The molecular formula is C20H26N2O6S. The van der Waals surface area contributed by atoms with E-state index in [0.717, 1.165) is 11.8 Å². The summed E-state index contributed by atoms with van der Waals surface area (Å²) in [6, 6.07) is 9.92. The maximum absolute atomic E-state index is 12.5. The minimum atomic E-state index is -3.37. The number of methoxy groups -OCH3 is 3. The molecule has 9 heteroatoms. The number of benzene rings is 2. The Labute approximate surface area is 171 Å². The number of hydrogen-bond donors (Lipinski definition) is 1. The van der Waals surface area contributed by atoms with Gasteiger partial charge < -0.3 is 19.5 Å². The molecule has 2 aromatic rings. The van der Waals surface area contributed by atoms with Crippen molar-refractivity contribution < 1.29 is 27.4 Å².